The fourth-order valence-electron chi connectivity index (χ4n) is 2.42. The van der Waals surface area contributed by atoms with Crippen molar-refractivity contribution in [1.29, 1.82) is 0 Å². The fraction of sp³-hybridized carbons (Fsp3) is 0.412. The molecule has 0 aromatic heterocycles. The van der Waals surface area contributed by atoms with Crippen LogP contribution in [0.15, 0.2) is 41.5 Å². The van der Waals surface area contributed by atoms with Crippen molar-refractivity contribution in [2.24, 2.45) is 11.0 Å². The van der Waals surface area contributed by atoms with Crippen LogP contribution in [0.4, 0.5) is 0 Å². The average molecular weight is 270 g/mol. The van der Waals surface area contributed by atoms with E-state index in [1.807, 2.05) is 49.4 Å². The van der Waals surface area contributed by atoms with Gasteiger partial charge in [0.15, 0.2) is 0 Å². The van der Waals surface area contributed by atoms with Gasteiger partial charge in [0, 0.05) is 5.92 Å². The number of nitrogens with one attached hydrogen (secondary N) is 1. The molecule has 0 bridgehead atoms. The number of rotatable bonds is 4. The molecule has 1 amide bonds. The fourth-order valence-corrected chi connectivity index (χ4v) is 2.42. The molecule has 2 rings (SSSR count). The molecule has 1 aromatic carbocycles. The van der Waals surface area contributed by atoms with Crippen LogP contribution in [-0.4, -0.2) is 11.6 Å². The molecule has 0 saturated heterocycles. The predicted molar refractivity (Wildman–Crippen MR) is 83.3 cm³/mol. The van der Waals surface area contributed by atoms with Gasteiger partial charge in [0.2, 0.25) is 5.91 Å². The molecule has 3 nitrogen and oxygen atoms in total. The number of nitrogens with zero attached hydrogens (tertiary/aromatic N) is 1. The number of hydrogen-bond donors (Lipinski definition) is 1. The summed E-state index contributed by atoms with van der Waals surface area (Å²) in [4.78, 5) is 11.9. The summed E-state index contributed by atoms with van der Waals surface area (Å²) in [5.41, 5.74) is 4.62. The maximum atomic E-state index is 11.9. The number of hydrazone groups is 1. The molecular formula is C17H22N2O. The van der Waals surface area contributed by atoms with Crippen LogP contribution < -0.4 is 5.43 Å². The van der Waals surface area contributed by atoms with Crippen LogP contribution in [0.5, 0.6) is 0 Å². The third-order valence-electron chi connectivity index (χ3n) is 3.63. The number of hydrogen-bond acceptors (Lipinski definition) is 2. The molecule has 3 heteroatoms. The smallest absolute Gasteiger partial charge is 0.243 e. The predicted octanol–water partition coefficient (Wildman–Crippen LogP) is 3.77. The van der Waals surface area contributed by atoms with Gasteiger partial charge in [-0.25, -0.2) is 5.43 Å². The Morgan fingerprint density at radius 3 is 2.60 bits per heavy atom. The molecule has 1 saturated carbocycles. The maximum absolute atomic E-state index is 11.9. The summed E-state index contributed by atoms with van der Waals surface area (Å²) < 4.78 is 0. The van der Waals surface area contributed by atoms with E-state index in [2.05, 4.69) is 10.5 Å². The molecule has 20 heavy (non-hydrogen) atoms. The lowest BCUT2D eigenvalue weighted by molar-refractivity contribution is -0.125. The minimum absolute atomic E-state index is 0.0668. The first kappa shape index (κ1) is 14.5. The van der Waals surface area contributed by atoms with E-state index < -0.39 is 0 Å². The van der Waals surface area contributed by atoms with Gasteiger partial charge in [-0.3, -0.25) is 4.79 Å². The van der Waals surface area contributed by atoms with Crippen LogP contribution in [-0.2, 0) is 4.79 Å². The highest BCUT2D eigenvalue weighted by atomic mass is 16.2. The molecule has 1 aliphatic carbocycles. The molecule has 0 radical (unpaired) electrons. The van der Waals surface area contributed by atoms with E-state index in [9.17, 15) is 4.79 Å². The Morgan fingerprint density at radius 1 is 1.20 bits per heavy atom. The minimum atomic E-state index is 0.0668. The number of carbonyl (C=O) groups is 1. The first-order valence-corrected chi connectivity index (χ1v) is 7.33. The van der Waals surface area contributed by atoms with Crippen molar-refractivity contribution < 1.29 is 4.79 Å². The highest BCUT2D eigenvalue weighted by Crippen LogP contribution is 2.23. The molecule has 1 fully saturated rings. The van der Waals surface area contributed by atoms with Gasteiger partial charge in [-0.15, -0.1) is 0 Å². The molecule has 1 N–H and O–H groups in total. The lowest BCUT2D eigenvalue weighted by atomic mass is 9.89. The maximum Gasteiger partial charge on any atom is 0.243 e. The normalized spacial score (nSPS) is 17.4. The lowest BCUT2D eigenvalue weighted by Crippen LogP contribution is -2.28. The van der Waals surface area contributed by atoms with Crippen LogP contribution in [0.25, 0.3) is 6.08 Å². The summed E-state index contributed by atoms with van der Waals surface area (Å²) in [6.07, 6.45) is 9.48. The Kier molecular flexibility index (Phi) is 5.54. The molecule has 0 spiro atoms. The first-order chi connectivity index (χ1) is 9.75. The summed E-state index contributed by atoms with van der Waals surface area (Å²) in [6.45, 7) is 1.89. The van der Waals surface area contributed by atoms with Crippen molar-refractivity contribution in [2.45, 2.75) is 39.0 Å². The number of carbonyl (C=O) groups excluding carboxylic acids is 1. The molecule has 106 valence electrons. The average Bonchev–Trinajstić information content (AvgIpc) is 2.52. The monoisotopic (exact) mass is 270 g/mol. The van der Waals surface area contributed by atoms with Crippen LogP contribution in [0.1, 0.15) is 44.6 Å². The van der Waals surface area contributed by atoms with Gasteiger partial charge in [0.1, 0.15) is 0 Å². The van der Waals surface area contributed by atoms with Crippen molar-refractivity contribution in [1.82, 2.24) is 5.43 Å². The highest BCUT2D eigenvalue weighted by molar-refractivity contribution is 5.97. The SMILES string of the molecule is CC(C=Cc1ccccc1)=NNC(=O)C1CCCCC1. The molecule has 1 aliphatic rings. The van der Waals surface area contributed by atoms with Gasteiger partial charge in [0.05, 0.1) is 5.71 Å². The van der Waals surface area contributed by atoms with Gasteiger partial charge in [-0.2, -0.15) is 5.10 Å². The topological polar surface area (TPSA) is 41.5 Å². The second-order valence-electron chi connectivity index (χ2n) is 5.31. The van der Waals surface area contributed by atoms with E-state index in [1.54, 1.807) is 0 Å². The third-order valence-corrected chi connectivity index (χ3v) is 3.63. The number of allylic oxidation sites excluding steroid dienone is 1. The van der Waals surface area contributed by atoms with E-state index in [0.717, 1.165) is 37.0 Å². The first-order valence-electron chi connectivity index (χ1n) is 7.33. The zero-order chi connectivity index (χ0) is 14.2. The number of amides is 1. The summed E-state index contributed by atoms with van der Waals surface area (Å²) in [6, 6.07) is 10.0. The van der Waals surface area contributed by atoms with E-state index in [4.69, 9.17) is 0 Å². The summed E-state index contributed by atoms with van der Waals surface area (Å²) in [5, 5.41) is 4.14. The minimum Gasteiger partial charge on any atom is -0.273 e. The second kappa shape index (κ2) is 7.63. The van der Waals surface area contributed by atoms with Crippen molar-refractivity contribution in [2.75, 3.05) is 0 Å². The third kappa shape index (κ3) is 4.65. The van der Waals surface area contributed by atoms with E-state index >= 15 is 0 Å². The van der Waals surface area contributed by atoms with Crippen LogP contribution in [0.2, 0.25) is 0 Å². The Balaban J connectivity index is 1.84. The zero-order valence-electron chi connectivity index (χ0n) is 12.0. The van der Waals surface area contributed by atoms with Crippen molar-refractivity contribution >= 4 is 17.7 Å². The number of benzene rings is 1. The molecule has 1 aromatic rings. The van der Waals surface area contributed by atoms with Gasteiger partial charge in [-0.1, -0.05) is 55.7 Å². The Hall–Kier alpha value is -1.90. The Bertz CT molecular complexity index is 485. The van der Waals surface area contributed by atoms with Gasteiger partial charge in [-0.05, 0) is 31.4 Å². The zero-order valence-corrected chi connectivity index (χ0v) is 12.0. The van der Waals surface area contributed by atoms with Crippen LogP contribution >= 0.6 is 0 Å². The molecular weight excluding hydrogens is 248 g/mol. The summed E-state index contributed by atoms with van der Waals surface area (Å²) in [7, 11) is 0. The highest BCUT2D eigenvalue weighted by Gasteiger charge is 2.20. The molecule has 0 atom stereocenters. The Labute approximate surface area is 120 Å². The molecule has 0 aliphatic heterocycles. The van der Waals surface area contributed by atoms with Gasteiger partial charge >= 0.3 is 0 Å². The van der Waals surface area contributed by atoms with Crippen molar-refractivity contribution in [3.8, 4) is 0 Å². The summed E-state index contributed by atoms with van der Waals surface area (Å²) in [5.74, 6) is 0.218. The van der Waals surface area contributed by atoms with Gasteiger partial charge < -0.3 is 0 Å². The second-order valence-corrected chi connectivity index (χ2v) is 5.31. The van der Waals surface area contributed by atoms with Crippen LogP contribution in [0, 0.1) is 5.92 Å². The van der Waals surface area contributed by atoms with Gasteiger partial charge in [0.25, 0.3) is 0 Å². The largest absolute Gasteiger partial charge is 0.273 e. The van der Waals surface area contributed by atoms with E-state index in [1.165, 1.54) is 6.42 Å². The molecule has 0 unspecified atom stereocenters. The lowest BCUT2D eigenvalue weighted by Gasteiger charge is -2.19. The van der Waals surface area contributed by atoms with E-state index in [-0.39, 0.29) is 11.8 Å². The summed E-state index contributed by atoms with van der Waals surface area (Å²) >= 11 is 0. The van der Waals surface area contributed by atoms with Crippen molar-refractivity contribution in [3.05, 3.63) is 42.0 Å². The Morgan fingerprint density at radius 2 is 1.90 bits per heavy atom. The standard InChI is InChI=1S/C17H22N2O/c1-14(12-13-15-8-4-2-5-9-15)18-19-17(20)16-10-6-3-7-11-16/h2,4-5,8-9,12-13,16H,3,6-7,10-11H2,1H3,(H,19,20). The van der Waals surface area contributed by atoms with Crippen LogP contribution in [0.3, 0.4) is 0 Å². The molecule has 0 heterocycles. The van der Waals surface area contributed by atoms with Crippen molar-refractivity contribution in [3.63, 3.8) is 0 Å². The van der Waals surface area contributed by atoms with E-state index in [0.29, 0.717) is 0 Å². The quantitative estimate of drug-likeness (QED) is 0.656.